The van der Waals surface area contributed by atoms with Gasteiger partial charge in [-0.25, -0.2) is 4.98 Å². The van der Waals surface area contributed by atoms with E-state index in [9.17, 15) is 19.5 Å². The predicted octanol–water partition coefficient (Wildman–Crippen LogP) is 3.14. The third-order valence-electron chi connectivity index (χ3n) is 8.27. The number of rotatable bonds is 4. The number of fused-ring (bicyclic) bond motifs is 7. The highest BCUT2D eigenvalue weighted by molar-refractivity contribution is 6.03. The fourth-order valence-corrected chi connectivity index (χ4v) is 6.53. The quantitative estimate of drug-likeness (QED) is 0.370. The summed E-state index contributed by atoms with van der Waals surface area (Å²) in [6.45, 7) is 4.11. The van der Waals surface area contributed by atoms with Crippen LogP contribution in [0.1, 0.15) is 54.5 Å². The molecule has 0 radical (unpaired) electrons. The van der Waals surface area contributed by atoms with Crippen LogP contribution in [0.3, 0.4) is 0 Å². The van der Waals surface area contributed by atoms with Gasteiger partial charge in [0, 0.05) is 12.0 Å². The number of nitrogens with zero attached hydrogens (tertiary/aromatic N) is 3. The highest BCUT2D eigenvalue weighted by Crippen LogP contribution is 2.50. The maximum atomic E-state index is 13.9. The van der Waals surface area contributed by atoms with E-state index in [2.05, 4.69) is 24.5 Å². The summed E-state index contributed by atoms with van der Waals surface area (Å²) in [4.78, 5) is 47.5. The van der Waals surface area contributed by atoms with Gasteiger partial charge in [0.05, 0.1) is 39.9 Å². The average Bonchev–Trinajstić information content (AvgIpc) is 3.35. The van der Waals surface area contributed by atoms with Crippen molar-refractivity contribution in [1.82, 2.24) is 20.2 Å². The average molecular weight is 536 g/mol. The molecule has 4 heterocycles. The Hall–Kier alpha value is -4.34. The van der Waals surface area contributed by atoms with Crippen molar-refractivity contribution in [3.8, 4) is 5.69 Å². The first-order chi connectivity index (χ1) is 19.3. The number of anilines is 1. The fourth-order valence-electron chi connectivity index (χ4n) is 6.53. The highest BCUT2D eigenvalue weighted by Gasteiger charge is 2.58. The van der Waals surface area contributed by atoms with Crippen LogP contribution in [-0.4, -0.2) is 38.7 Å². The van der Waals surface area contributed by atoms with E-state index in [1.165, 1.54) is 4.57 Å². The third-order valence-corrected chi connectivity index (χ3v) is 8.27. The van der Waals surface area contributed by atoms with Crippen molar-refractivity contribution < 1.29 is 14.7 Å². The Labute approximate surface area is 230 Å². The van der Waals surface area contributed by atoms with E-state index < -0.39 is 23.9 Å². The lowest BCUT2D eigenvalue weighted by atomic mass is 9.86. The van der Waals surface area contributed by atoms with Crippen LogP contribution in [0.4, 0.5) is 5.69 Å². The zero-order valence-electron chi connectivity index (χ0n) is 22.2. The molecule has 0 spiro atoms. The molecule has 0 bridgehead atoms. The first kappa shape index (κ1) is 24.7. The van der Waals surface area contributed by atoms with E-state index in [0.29, 0.717) is 45.6 Å². The topological polar surface area (TPSA) is 117 Å². The molecule has 202 valence electrons. The first-order valence-electron chi connectivity index (χ1n) is 13.6. The summed E-state index contributed by atoms with van der Waals surface area (Å²) in [5, 5.41) is 19.4. The number of aromatic nitrogens is 2. The van der Waals surface area contributed by atoms with Crippen molar-refractivity contribution in [3.63, 3.8) is 0 Å². The summed E-state index contributed by atoms with van der Waals surface area (Å²) in [5.41, 5.74) is 0.663. The van der Waals surface area contributed by atoms with E-state index in [4.69, 9.17) is 4.98 Å². The summed E-state index contributed by atoms with van der Waals surface area (Å²) in [6.07, 6.45) is -0.111. The molecule has 0 saturated carbocycles. The van der Waals surface area contributed by atoms with Crippen molar-refractivity contribution in [1.29, 1.82) is 0 Å². The molecule has 40 heavy (non-hydrogen) atoms. The summed E-state index contributed by atoms with van der Waals surface area (Å²) >= 11 is 0. The number of para-hydroxylation sites is 3. The molecule has 7 rings (SSSR count). The van der Waals surface area contributed by atoms with Crippen LogP contribution in [0.25, 0.3) is 16.6 Å². The van der Waals surface area contributed by atoms with Crippen molar-refractivity contribution in [2.45, 2.75) is 50.5 Å². The molecule has 2 unspecified atom stereocenters. The number of nitrogens with one attached hydrogen (secondary N) is 2. The molecule has 0 aliphatic carbocycles. The monoisotopic (exact) mass is 535 g/mol. The number of amides is 2. The van der Waals surface area contributed by atoms with Gasteiger partial charge in [0.25, 0.3) is 11.5 Å². The lowest BCUT2D eigenvalue weighted by Crippen LogP contribution is -2.51. The Morgan fingerprint density at radius 2 is 1.62 bits per heavy atom. The van der Waals surface area contributed by atoms with Crippen LogP contribution in [-0.2, 0) is 10.4 Å². The molecule has 1 aromatic heterocycles. The van der Waals surface area contributed by atoms with E-state index >= 15 is 0 Å². The normalized spacial score (nSPS) is 24.9. The van der Waals surface area contributed by atoms with Crippen LogP contribution in [0.15, 0.2) is 77.6 Å². The minimum Gasteiger partial charge on any atom is -0.381 e. The molecule has 2 amide bonds. The number of aliphatic hydroxyl groups is 1. The van der Waals surface area contributed by atoms with Gasteiger partial charge >= 0.3 is 0 Å². The minimum absolute atomic E-state index is 0.00956. The molecule has 4 atom stereocenters. The molecule has 3 aliphatic rings. The molecule has 1 fully saturated rings. The smallest absolute Gasteiger partial charge is 0.266 e. The number of carbonyl (C=O) groups is 2. The number of benzene rings is 3. The second-order valence-corrected chi connectivity index (χ2v) is 11.3. The maximum absolute atomic E-state index is 13.9. The Balaban J connectivity index is 1.40. The predicted molar refractivity (Wildman–Crippen MR) is 150 cm³/mol. The highest BCUT2D eigenvalue weighted by atomic mass is 16.3. The molecule has 3 N–H and O–H groups in total. The molecular formula is C31H29N5O4. The van der Waals surface area contributed by atoms with Gasteiger partial charge in [0.2, 0.25) is 5.91 Å². The molecule has 9 heteroatoms. The number of carbonyl (C=O) groups excluding carboxylic acids is 2. The lowest BCUT2D eigenvalue weighted by molar-refractivity contribution is -0.119. The Morgan fingerprint density at radius 3 is 2.42 bits per heavy atom. The maximum Gasteiger partial charge on any atom is 0.266 e. The zero-order valence-corrected chi connectivity index (χ0v) is 22.2. The second kappa shape index (κ2) is 8.84. The van der Waals surface area contributed by atoms with Crippen molar-refractivity contribution in [3.05, 3.63) is 100 Å². The zero-order chi connectivity index (χ0) is 27.8. The van der Waals surface area contributed by atoms with Crippen molar-refractivity contribution >= 4 is 28.4 Å². The van der Waals surface area contributed by atoms with Gasteiger partial charge < -0.3 is 10.4 Å². The van der Waals surface area contributed by atoms with Crippen LogP contribution in [0, 0.1) is 5.92 Å². The Morgan fingerprint density at radius 1 is 0.925 bits per heavy atom. The third kappa shape index (κ3) is 3.47. The molecule has 1 saturated heterocycles. The van der Waals surface area contributed by atoms with Gasteiger partial charge in [0.15, 0.2) is 0 Å². The summed E-state index contributed by atoms with van der Waals surface area (Å²) < 4.78 is 1.48. The van der Waals surface area contributed by atoms with E-state index in [-0.39, 0.29) is 29.7 Å². The summed E-state index contributed by atoms with van der Waals surface area (Å²) in [5.74, 6) is 0.157. The molecule has 9 nitrogen and oxygen atoms in total. The second-order valence-electron chi connectivity index (χ2n) is 11.3. The van der Waals surface area contributed by atoms with E-state index in [1.807, 2.05) is 30.3 Å². The van der Waals surface area contributed by atoms with Gasteiger partial charge in [-0.1, -0.05) is 56.3 Å². The number of hydrogen-bond donors (Lipinski definition) is 3. The van der Waals surface area contributed by atoms with Gasteiger partial charge in [-0.15, -0.1) is 0 Å². The minimum atomic E-state index is -1.57. The van der Waals surface area contributed by atoms with Crippen LogP contribution < -0.4 is 21.1 Å². The fraction of sp³-hybridized carbons (Fsp3) is 0.290. The number of hydrogen-bond acceptors (Lipinski definition) is 6. The molecule has 3 aromatic carbocycles. The van der Waals surface area contributed by atoms with Gasteiger partial charge in [-0.05, 0) is 42.7 Å². The Bertz CT molecular complexity index is 1760. The van der Waals surface area contributed by atoms with Crippen LogP contribution in [0.5, 0.6) is 0 Å². The van der Waals surface area contributed by atoms with Crippen molar-refractivity contribution in [2.24, 2.45) is 5.92 Å². The summed E-state index contributed by atoms with van der Waals surface area (Å²) in [6, 6.07) is 20.1. The molecule has 4 aromatic rings. The standard InChI is InChI=1S/C31H29N5O4/c1-17(2)15-22-29(39)36-25-14-8-5-11-20(25)31(40,30(36)34-22)16-23-26-32-21-12-6-3-9-18(21)28(38)35(26)24-13-7-4-10-19(24)27(37)33-23/h3-14,17,22-23,30,34,40H,15-16H2,1-2H3,(H,33,37)/t22-,23-,30?,31?/m0/s1. The van der Waals surface area contributed by atoms with E-state index in [1.54, 1.807) is 47.4 Å². The molecular weight excluding hydrogens is 506 g/mol. The van der Waals surface area contributed by atoms with Gasteiger partial charge in [-0.2, -0.15) is 0 Å². The lowest BCUT2D eigenvalue weighted by Gasteiger charge is -2.34. The van der Waals surface area contributed by atoms with Gasteiger partial charge in [0.1, 0.15) is 17.6 Å². The first-order valence-corrected chi connectivity index (χ1v) is 13.6. The molecule has 3 aliphatic heterocycles. The summed E-state index contributed by atoms with van der Waals surface area (Å²) in [7, 11) is 0. The van der Waals surface area contributed by atoms with Crippen LogP contribution >= 0.6 is 0 Å². The SMILES string of the molecule is CC(C)C[C@@H]1NC2N(C1=O)c1ccccc1C2(O)C[C@@H]1NC(=O)c2ccccc2-n2c1nc1ccccc1c2=O. The van der Waals surface area contributed by atoms with Crippen molar-refractivity contribution in [2.75, 3.05) is 4.90 Å². The van der Waals surface area contributed by atoms with Crippen LogP contribution in [0.2, 0.25) is 0 Å². The van der Waals surface area contributed by atoms with E-state index in [0.717, 1.165) is 0 Å². The van der Waals surface area contributed by atoms with Gasteiger partial charge in [-0.3, -0.25) is 29.2 Å². The Kier molecular flexibility index (Phi) is 5.45. The largest absolute Gasteiger partial charge is 0.381 e.